The van der Waals surface area contributed by atoms with Crippen molar-refractivity contribution >= 4 is 22.1 Å². The number of rotatable bonds is 5. The zero-order valence-corrected chi connectivity index (χ0v) is 16.1. The Labute approximate surface area is 160 Å². The molecule has 0 atom stereocenters. The minimum Gasteiger partial charge on any atom is -0.426 e. The summed E-state index contributed by atoms with van der Waals surface area (Å²) in [5.74, 6) is -0.0478. The first-order valence-corrected chi connectivity index (χ1v) is 10.5. The topological polar surface area (TPSA) is 63.7 Å². The molecule has 0 spiro atoms. The van der Waals surface area contributed by atoms with Crippen molar-refractivity contribution in [1.29, 1.82) is 0 Å². The quantitative estimate of drug-likeness (QED) is 0.583. The van der Waals surface area contributed by atoms with Crippen LogP contribution >= 0.6 is 0 Å². The Morgan fingerprint density at radius 2 is 1.78 bits per heavy atom. The van der Waals surface area contributed by atoms with Crippen molar-refractivity contribution < 1.29 is 17.9 Å². The molecule has 27 heavy (non-hydrogen) atoms. The number of carbonyl (C=O) groups excluding carboxylic acids is 1. The fraction of sp³-hybridized carbons (Fsp3) is 0.286. The molecule has 0 N–H and O–H groups in total. The zero-order chi connectivity index (χ0) is 19.3. The number of carbonyl (C=O) groups is 1. The maximum atomic E-state index is 12.5. The molecule has 142 valence electrons. The molecular weight excluding hydrogens is 362 g/mol. The Bertz CT molecular complexity index is 914. The number of hydrogen-bond acceptors (Lipinski definition) is 4. The largest absolute Gasteiger partial charge is 0.426 e. The predicted octanol–water partition coefficient (Wildman–Crippen LogP) is 3.61. The summed E-state index contributed by atoms with van der Waals surface area (Å²) in [5.41, 5.74) is 1.85. The van der Waals surface area contributed by atoms with Gasteiger partial charge in [-0.3, -0.25) is 4.79 Å². The van der Waals surface area contributed by atoms with Crippen molar-refractivity contribution in [3.05, 3.63) is 71.1 Å². The number of esters is 1. The van der Waals surface area contributed by atoms with Crippen LogP contribution in [0, 0.1) is 12.8 Å². The molecule has 1 saturated heterocycles. The molecule has 0 aromatic heterocycles. The minimum atomic E-state index is -3.49. The molecule has 0 radical (unpaired) electrons. The lowest BCUT2D eigenvalue weighted by atomic mass is 9.98. The summed E-state index contributed by atoms with van der Waals surface area (Å²) in [5, 5.41) is 1.23. The summed E-state index contributed by atoms with van der Waals surface area (Å²) in [6.45, 7) is 2.56. The molecule has 0 aliphatic carbocycles. The SMILES string of the molecule is Cc1cccc(OC(=O)C2CCN(S(=O)(=O)/C=C/c3ccccc3)CC2)c1. The first-order chi connectivity index (χ1) is 12.9. The van der Waals surface area contributed by atoms with E-state index < -0.39 is 10.0 Å². The summed E-state index contributed by atoms with van der Waals surface area (Å²) in [6, 6.07) is 16.6. The first-order valence-electron chi connectivity index (χ1n) is 8.96. The third kappa shape index (κ3) is 5.28. The monoisotopic (exact) mass is 385 g/mol. The van der Waals surface area contributed by atoms with Crippen molar-refractivity contribution in [2.75, 3.05) is 13.1 Å². The van der Waals surface area contributed by atoms with Crippen molar-refractivity contribution in [3.63, 3.8) is 0 Å². The van der Waals surface area contributed by atoms with Gasteiger partial charge in [-0.05, 0) is 49.1 Å². The second kappa shape index (κ2) is 8.50. The van der Waals surface area contributed by atoms with Crippen LogP contribution < -0.4 is 4.74 Å². The highest BCUT2D eigenvalue weighted by molar-refractivity contribution is 7.92. The molecule has 1 aliphatic rings. The van der Waals surface area contributed by atoms with Gasteiger partial charge in [0.25, 0.3) is 0 Å². The van der Waals surface area contributed by atoms with Crippen LogP contribution in [0.5, 0.6) is 5.75 Å². The average molecular weight is 385 g/mol. The maximum Gasteiger partial charge on any atom is 0.314 e. The molecule has 0 unspecified atom stereocenters. The van der Waals surface area contributed by atoms with Gasteiger partial charge < -0.3 is 4.74 Å². The fourth-order valence-corrected chi connectivity index (χ4v) is 4.26. The highest BCUT2D eigenvalue weighted by Crippen LogP contribution is 2.23. The molecular formula is C21H23NO4S. The van der Waals surface area contributed by atoms with Gasteiger partial charge in [-0.15, -0.1) is 0 Å². The average Bonchev–Trinajstić information content (AvgIpc) is 2.67. The summed E-state index contributed by atoms with van der Waals surface area (Å²) >= 11 is 0. The number of sulfonamides is 1. The lowest BCUT2D eigenvalue weighted by Crippen LogP contribution is -2.40. The molecule has 1 fully saturated rings. The summed E-state index contributed by atoms with van der Waals surface area (Å²) < 4.78 is 31.8. The van der Waals surface area contributed by atoms with Crippen molar-refractivity contribution in [3.8, 4) is 5.75 Å². The Morgan fingerprint density at radius 1 is 1.07 bits per heavy atom. The van der Waals surface area contributed by atoms with Gasteiger partial charge in [0.05, 0.1) is 5.92 Å². The normalized spacial score (nSPS) is 16.5. The van der Waals surface area contributed by atoms with Crippen LogP contribution in [0.3, 0.4) is 0 Å². The maximum absolute atomic E-state index is 12.5. The molecule has 1 aliphatic heterocycles. The third-order valence-electron chi connectivity index (χ3n) is 4.59. The van der Waals surface area contributed by atoms with E-state index in [1.165, 1.54) is 9.71 Å². The molecule has 5 nitrogen and oxygen atoms in total. The molecule has 1 heterocycles. The van der Waals surface area contributed by atoms with Crippen molar-refractivity contribution in [1.82, 2.24) is 4.31 Å². The Morgan fingerprint density at radius 3 is 2.44 bits per heavy atom. The van der Waals surface area contributed by atoms with Crippen LogP contribution in [0.25, 0.3) is 6.08 Å². The summed E-state index contributed by atoms with van der Waals surface area (Å²) in [4.78, 5) is 12.3. The molecule has 6 heteroatoms. The number of aryl methyl sites for hydroxylation is 1. The highest BCUT2D eigenvalue weighted by atomic mass is 32.2. The Hall–Kier alpha value is -2.44. The number of benzene rings is 2. The van der Waals surface area contributed by atoms with E-state index in [4.69, 9.17) is 4.74 Å². The van der Waals surface area contributed by atoms with E-state index in [2.05, 4.69) is 0 Å². The molecule has 3 rings (SSSR count). The van der Waals surface area contributed by atoms with Gasteiger partial charge in [0, 0.05) is 18.5 Å². The lowest BCUT2D eigenvalue weighted by Gasteiger charge is -2.29. The predicted molar refractivity (Wildman–Crippen MR) is 106 cm³/mol. The molecule has 0 saturated carbocycles. The van der Waals surface area contributed by atoms with Crippen LogP contribution in [0.2, 0.25) is 0 Å². The van der Waals surface area contributed by atoms with Gasteiger partial charge in [-0.25, -0.2) is 8.42 Å². The number of piperidine rings is 1. The Balaban J connectivity index is 1.56. The van der Waals surface area contributed by atoms with Gasteiger partial charge in [0.1, 0.15) is 5.75 Å². The van der Waals surface area contributed by atoms with Gasteiger partial charge in [-0.1, -0.05) is 42.5 Å². The van der Waals surface area contributed by atoms with E-state index in [0.717, 1.165) is 11.1 Å². The van der Waals surface area contributed by atoms with Gasteiger partial charge in [0.2, 0.25) is 10.0 Å². The van der Waals surface area contributed by atoms with Crippen molar-refractivity contribution in [2.45, 2.75) is 19.8 Å². The van der Waals surface area contributed by atoms with E-state index in [1.807, 2.05) is 55.5 Å². The zero-order valence-electron chi connectivity index (χ0n) is 15.2. The van der Waals surface area contributed by atoms with Gasteiger partial charge >= 0.3 is 5.97 Å². The molecule has 0 amide bonds. The number of ether oxygens (including phenoxy) is 1. The van der Waals surface area contributed by atoms with Gasteiger partial charge in [0.15, 0.2) is 0 Å². The van der Waals surface area contributed by atoms with Crippen LogP contribution in [-0.4, -0.2) is 31.8 Å². The highest BCUT2D eigenvalue weighted by Gasteiger charge is 2.31. The first kappa shape index (κ1) is 19.3. The molecule has 2 aromatic carbocycles. The summed E-state index contributed by atoms with van der Waals surface area (Å²) in [6.07, 6.45) is 2.51. The van der Waals surface area contributed by atoms with E-state index >= 15 is 0 Å². The van der Waals surface area contributed by atoms with Crippen molar-refractivity contribution in [2.24, 2.45) is 5.92 Å². The smallest absolute Gasteiger partial charge is 0.314 e. The second-order valence-corrected chi connectivity index (χ2v) is 8.49. The van der Waals surface area contributed by atoms with Crippen LogP contribution in [0.15, 0.2) is 60.0 Å². The molecule has 0 bridgehead atoms. The van der Waals surface area contributed by atoms with E-state index in [1.54, 1.807) is 12.1 Å². The van der Waals surface area contributed by atoms with Crippen LogP contribution in [0.4, 0.5) is 0 Å². The van der Waals surface area contributed by atoms with E-state index in [9.17, 15) is 13.2 Å². The van der Waals surface area contributed by atoms with Crippen LogP contribution in [-0.2, 0) is 14.8 Å². The molecule has 2 aromatic rings. The Kier molecular flexibility index (Phi) is 6.08. The fourth-order valence-electron chi connectivity index (χ4n) is 3.04. The number of hydrogen-bond donors (Lipinski definition) is 0. The lowest BCUT2D eigenvalue weighted by molar-refractivity contribution is -0.140. The van der Waals surface area contributed by atoms with Gasteiger partial charge in [-0.2, -0.15) is 4.31 Å². The number of nitrogens with zero attached hydrogens (tertiary/aromatic N) is 1. The van der Waals surface area contributed by atoms with Crippen LogP contribution in [0.1, 0.15) is 24.0 Å². The second-order valence-electron chi connectivity index (χ2n) is 6.67. The summed E-state index contributed by atoms with van der Waals surface area (Å²) in [7, 11) is -3.49. The van der Waals surface area contributed by atoms with E-state index in [0.29, 0.717) is 31.7 Å². The van der Waals surface area contributed by atoms with E-state index in [-0.39, 0.29) is 11.9 Å². The third-order valence-corrected chi connectivity index (χ3v) is 6.15. The standard InChI is InChI=1S/C21H23NO4S/c1-17-6-5-9-20(16-17)26-21(23)19-10-13-22(14-11-19)27(24,25)15-12-18-7-3-2-4-8-18/h2-9,12,15-16,19H,10-11,13-14H2,1H3/b15-12+. The minimum absolute atomic E-state index is 0.282.